The zero-order chi connectivity index (χ0) is 19.7. The number of hydrogen-bond donors (Lipinski definition) is 2. The lowest BCUT2D eigenvalue weighted by Crippen LogP contribution is -2.22. The molecule has 10 heteroatoms. The topological polar surface area (TPSA) is 118 Å². The molecule has 3 heterocycles. The number of aromatic amines is 1. The molecule has 0 atom stereocenters. The van der Waals surface area contributed by atoms with E-state index in [0.717, 1.165) is 10.9 Å². The molecule has 0 fully saturated rings. The van der Waals surface area contributed by atoms with Crippen LogP contribution in [0.2, 0.25) is 0 Å². The van der Waals surface area contributed by atoms with E-state index in [0.29, 0.717) is 16.2 Å². The highest BCUT2D eigenvalue weighted by Gasteiger charge is 2.20. The molecule has 0 spiro atoms. The Hall–Kier alpha value is -3.11. The first-order valence-corrected chi connectivity index (χ1v) is 10.6. The van der Waals surface area contributed by atoms with Crippen LogP contribution < -0.4 is 5.32 Å². The normalized spacial score (nSPS) is 11.6. The van der Waals surface area contributed by atoms with Crippen LogP contribution in [0, 0.1) is 6.92 Å². The number of carbonyl (C=O) groups excluding carboxylic acids is 1. The van der Waals surface area contributed by atoms with Crippen molar-refractivity contribution < 1.29 is 13.2 Å². The van der Waals surface area contributed by atoms with Gasteiger partial charge in [-0.3, -0.25) is 9.89 Å². The van der Waals surface area contributed by atoms with Gasteiger partial charge in [-0.15, -0.1) is 11.3 Å². The minimum Gasteiger partial charge on any atom is -0.348 e. The number of aromatic nitrogens is 4. The smallest absolute Gasteiger partial charge is 0.253 e. The van der Waals surface area contributed by atoms with Crippen molar-refractivity contribution in [3.63, 3.8) is 0 Å². The number of benzene rings is 1. The molecule has 0 saturated carbocycles. The Morgan fingerprint density at radius 3 is 2.71 bits per heavy atom. The van der Waals surface area contributed by atoms with Crippen molar-refractivity contribution in [3.8, 4) is 0 Å². The maximum absolute atomic E-state index is 12.6. The lowest BCUT2D eigenvalue weighted by atomic mass is 10.2. The lowest BCUT2D eigenvalue weighted by molar-refractivity contribution is 0.0950. The zero-order valence-corrected chi connectivity index (χ0v) is 16.3. The highest BCUT2D eigenvalue weighted by Crippen LogP contribution is 2.22. The van der Waals surface area contributed by atoms with Crippen LogP contribution in [0.4, 0.5) is 0 Å². The standard InChI is InChI=1S/C18H15N5O3S2/c1-11-22-16(10-27-11)28(25,26)15-4-2-12(3-5-15)7-20-18(24)14-6-13-9-21-23-17(13)19-8-14/h2-6,8-10H,7H2,1H3,(H,20,24)(H,19,21,23). The third-order valence-electron chi connectivity index (χ3n) is 4.11. The molecule has 28 heavy (non-hydrogen) atoms. The molecule has 4 aromatic rings. The van der Waals surface area contributed by atoms with E-state index in [4.69, 9.17) is 0 Å². The summed E-state index contributed by atoms with van der Waals surface area (Å²) in [5.41, 5.74) is 1.81. The summed E-state index contributed by atoms with van der Waals surface area (Å²) in [7, 11) is -3.63. The average Bonchev–Trinajstić information content (AvgIpc) is 3.34. The van der Waals surface area contributed by atoms with Crippen LogP contribution in [0.1, 0.15) is 20.9 Å². The molecule has 0 aliphatic rings. The lowest BCUT2D eigenvalue weighted by Gasteiger charge is -2.07. The van der Waals surface area contributed by atoms with Gasteiger partial charge in [0.25, 0.3) is 5.91 Å². The van der Waals surface area contributed by atoms with Crippen molar-refractivity contribution in [2.24, 2.45) is 0 Å². The number of nitrogens with one attached hydrogen (secondary N) is 2. The summed E-state index contributed by atoms with van der Waals surface area (Å²) in [6, 6.07) is 8.08. The molecule has 4 rings (SSSR count). The summed E-state index contributed by atoms with van der Waals surface area (Å²) >= 11 is 1.29. The van der Waals surface area contributed by atoms with Gasteiger partial charge in [0.05, 0.1) is 21.7 Å². The van der Waals surface area contributed by atoms with Crippen LogP contribution in [0.15, 0.2) is 58.0 Å². The van der Waals surface area contributed by atoms with E-state index < -0.39 is 9.84 Å². The van der Waals surface area contributed by atoms with Crippen molar-refractivity contribution in [2.45, 2.75) is 23.4 Å². The highest BCUT2D eigenvalue weighted by atomic mass is 32.2. The number of amides is 1. The van der Waals surface area contributed by atoms with Gasteiger partial charge in [0.2, 0.25) is 9.84 Å². The van der Waals surface area contributed by atoms with Crippen molar-refractivity contribution in [2.75, 3.05) is 0 Å². The molecular formula is C18H15N5O3S2. The molecule has 3 aromatic heterocycles. The predicted molar refractivity (Wildman–Crippen MR) is 104 cm³/mol. The summed E-state index contributed by atoms with van der Waals surface area (Å²) in [5.74, 6) is -0.273. The summed E-state index contributed by atoms with van der Waals surface area (Å²) in [6.45, 7) is 2.02. The van der Waals surface area contributed by atoms with Crippen molar-refractivity contribution >= 4 is 38.1 Å². The molecule has 0 aliphatic heterocycles. The number of H-pyrrole nitrogens is 1. The number of hydrogen-bond acceptors (Lipinski definition) is 7. The number of rotatable bonds is 5. The number of thiazole rings is 1. The number of sulfone groups is 1. The second-order valence-electron chi connectivity index (χ2n) is 6.07. The fourth-order valence-electron chi connectivity index (χ4n) is 2.62. The van der Waals surface area contributed by atoms with Crippen LogP contribution in [0.3, 0.4) is 0 Å². The predicted octanol–water partition coefficient (Wildman–Crippen LogP) is 2.49. The van der Waals surface area contributed by atoms with Crippen LogP contribution in [-0.2, 0) is 16.4 Å². The van der Waals surface area contributed by atoms with Crippen molar-refractivity contribution in [1.29, 1.82) is 0 Å². The second-order valence-corrected chi connectivity index (χ2v) is 9.03. The Labute approximate surface area is 164 Å². The summed E-state index contributed by atoms with van der Waals surface area (Å²) in [6.07, 6.45) is 3.07. The molecule has 1 amide bonds. The SMILES string of the molecule is Cc1nc(S(=O)(=O)c2ccc(CNC(=O)c3cnc4[nH]ncc4c3)cc2)cs1. The molecule has 8 nitrogen and oxygen atoms in total. The highest BCUT2D eigenvalue weighted by molar-refractivity contribution is 7.91. The van der Waals surface area contributed by atoms with Crippen molar-refractivity contribution in [3.05, 3.63) is 64.2 Å². The molecule has 0 radical (unpaired) electrons. The third kappa shape index (κ3) is 3.51. The van der Waals surface area contributed by atoms with Gasteiger partial charge in [-0.25, -0.2) is 18.4 Å². The third-order valence-corrected chi connectivity index (χ3v) is 6.69. The number of fused-ring (bicyclic) bond motifs is 1. The molecule has 0 unspecified atom stereocenters. The molecule has 142 valence electrons. The first-order valence-electron chi connectivity index (χ1n) is 8.27. The summed E-state index contributed by atoms with van der Waals surface area (Å²) < 4.78 is 25.1. The molecule has 2 N–H and O–H groups in total. The van der Waals surface area contributed by atoms with E-state index >= 15 is 0 Å². The Balaban J connectivity index is 1.45. The van der Waals surface area contributed by atoms with Gasteiger partial charge in [0, 0.05) is 23.5 Å². The van der Waals surface area contributed by atoms with E-state index in [1.165, 1.54) is 35.0 Å². The number of pyridine rings is 1. The van der Waals surface area contributed by atoms with Gasteiger partial charge >= 0.3 is 0 Å². The fourth-order valence-corrected chi connectivity index (χ4v) is 4.80. The van der Waals surface area contributed by atoms with Gasteiger partial charge in [-0.05, 0) is 30.7 Å². The van der Waals surface area contributed by atoms with Crippen LogP contribution >= 0.6 is 11.3 Å². The Morgan fingerprint density at radius 1 is 1.21 bits per heavy atom. The van der Waals surface area contributed by atoms with Gasteiger partial charge < -0.3 is 5.32 Å². The largest absolute Gasteiger partial charge is 0.348 e. The van der Waals surface area contributed by atoms with E-state index in [2.05, 4.69) is 25.5 Å². The quantitative estimate of drug-likeness (QED) is 0.519. The fraction of sp³-hybridized carbons (Fsp3) is 0.111. The van der Waals surface area contributed by atoms with E-state index in [1.807, 2.05) is 0 Å². The average molecular weight is 413 g/mol. The maximum atomic E-state index is 12.6. The van der Waals surface area contributed by atoms with Gasteiger partial charge in [0.15, 0.2) is 10.7 Å². The maximum Gasteiger partial charge on any atom is 0.253 e. The van der Waals surface area contributed by atoms with Crippen LogP contribution in [0.25, 0.3) is 11.0 Å². The van der Waals surface area contributed by atoms with Crippen LogP contribution in [0.5, 0.6) is 0 Å². The van der Waals surface area contributed by atoms with Crippen LogP contribution in [-0.4, -0.2) is 34.5 Å². The zero-order valence-electron chi connectivity index (χ0n) is 14.7. The molecular weight excluding hydrogens is 398 g/mol. The van der Waals surface area contributed by atoms with Crippen molar-refractivity contribution in [1.82, 2.24) is 25.5 Å². The van der Waals surface area contributed by atoms with Gasteiger partial charge in [0.1, 0.15) is 0 Å². The second kappa shape index (κ2) is 7.13. The van der Waals surface area contributed by atoms with Gasteiger partial charge in [-0.2, -0.15) is 5.10 Å². The van der Waals surface area contributed by atoms with E-state index in [-0.39, 0.29) is 22.4 Å². The monoisotopic (exact) mass is 413 g/mol. The Kier molecular flexibility index (Phi) is 4.65. The van der Waals surface area contributed by atoms with E-state index in [9.17, 15) is 13.2 Å². The first-order chi connectivity index (χ1) is 13.4. The minimum atomic E-state index is -3.63. The minimum absolute atomic E-state index is 0.0539. The Morgan fingerprint density at radius 2 is 2.00 bits per heavy atom. The number of carbonyl (C=O) groups is 1. The molecule has 1 aromatic carbocycles. The number of aryl methyl sites for hydroxylation is 1. The van der Waals surface area contributed by atoms with E-state index in [1.54, 1.807) is 31.3 Å². The summed E-state index contributed by atoms with van der Waals surface area (Å²) in [4.78, 5) is 20.7. The first kappa shape index (κ1) is 18.3. The molecule has 0 bridgehead atoms. The molecule has 0 saturated heterocycles. The van der Waals surface area contributed by atoms with Gasteiger partial charge in [-0.1, -0.05) is 12.1 Å². The number of nitrogens with zero attached hydrogens (tertiary/aromatic N) is 3. The molecule has 0 aliphatic carbocycles. The summed E-state index contributed by atoms with van der Waals surface area (Å²) in [5, 5.41) is 12.4. The Bertz CT molecular complexity index is 1260.